The highest BCUT2D eigenvalue weighted by Gasteiger charge is 2.19. The fourth-order valence-electron chi connectivity index (χ4n) is 2.77. The van der Waals surface area contributed by atoms with Crippen molar-refractivity contribution >= 4 is 43.4 Å². The van der Waals surface area contributed by atoms with Crippen molar-refractivity contribution in [3.8, 4) is 0 Å². The Kier molecular flexibility index (Phi) is 4.87. The van der Waals surface area contributed by atoms with Gasteiger partial charge in [0, 0.05) is 11.9 Å². The van der Waals surface area contributed by atoms with Gasteiger partial charge in [0.2, 0.25) is 0 Å². The van der Waals surface area contributed by atoms with Gasteiger partial charge < -0.3 is 9.88 Å². The van der Waals surface area contributed by atoms with Gasteiger partial charge in [-0.2, -0.15) is 0 Å². The van der Waals surface area contributed by atoms with Crippen LogP contribution >= 0.6 is 27.3 Å². The van der Waals surface area contributed by atoms with E-state index < -0.39 is 0 Å². The number of hydrogen-bond donors (Lipinski definition) is 1. The summed E-state index contributed by atoms with van der Waals surface area (Å²) in [6.07, 6.45) is 0.987. The summed E-state index contributed by atoms with van der Waals surface area (Å²) in [4.78, 5) is 12.8. The highest BCUT2D eigenvalue weighted by molar-refractivity contribution is 9.10. The number of hydrogen-bond acceptors (Lipinski definition) is 2. The number of nitrogens with zero attached hydrogens (tertiary/aromatic N) is 1. The van der Waals surface area contributed by atoms with Gasteiger partial charge in [0.05, 0.1) is 20.7 Å². The number of carbonyl (C=O) groups excluding carboxylic acids is 1. The molecular formula is C18H19BrN2OS. The second kappa shape index (κ2) is 6.89. The second-order valence-electron chi connectivity index (χ2n) is 5.58. The van der Waals surface area contributed by atoms with Crippen LogP contribution in [0.2, 0.25) is 0 Å². The first-order valence-electron chi connectivity index (χ1n) is 7.73. The first-order chi connectivity index (χ1) is 11.1. The molecular weight excluding hydrogens is 372 g/mol. The van der Waals surface area contributed by atoms with E-state index in [1.807, 2.05) is 43.3 Å². The Morgan fingerprint density at radius 2 is 2.09 bits per heavy atom. The van der Waals surface area contributed by atoms with Crippen molar-refractivity contribution in [3.63, 3.8) is 0 Å². The van der Waals surface area contributed by atoms with Crippen molar-refractivity contribution in [3.05, 3.63) is 57.5 Å². The average molecular weight is 391 g/mol. The second-order valence-corrected chi connectivity index (χ2v) is 7.35. The zero-order valence-corrected chi connectivity index (χ0v) is 15.6. The van der Waals surface area contributed by atoms with Crippen molar-refractivity contribution < 1.29 is 4.79 Å². The smallest absolute Gasteiger partial charge is 0.268 e. The molecule has 0 saturated carbocycles. The minimum atomic E-state index is -0.0231. The van der Waals surface area contributed by atoms with E-state index >= 15 is 0 Å². The van der Waals surface area contributed by atoms with E-state index in [1.165, 1.54) is 0 Å². The molecule has 0 fully saturated rings. The van der Waals surface area contributed by atoms with Gasteiger partial charge in [0.15, 0.2) is 0 Å². The first kappa shape index (κ1) is 16.3. The van der Waals surface area contributed by atoms with Crippen LogP contribution in [0.25, 0.3) is 10.2 Å². The molecule has 0 aliphatic rings. The summed E-state index contributed by atoms with van der Waals surface area (Å²) < 4.78 is 4.31. The van der Waals surface area contributed by atoms with E-state index in [1.54, 1.807) is 11.3 Å². The lowest BCUT2D eigenvalue weighted by molar-refractivity contribution is 0.0931. The van der Waals surface area contributed by atoms with E-state index in [-0.39, 0.29) is 11.9 Å². The van der Waals surface area contributed by atoms with Crippen molar-refractivity contribution in [1.29, 1.82) is 0 Å². The van der Waals surface area contributed by atoms with Crippen molar-refractivity contribution in [2.75, 3.05) is 0 Å². The van der Waals surface area contributed by atoms with Gasteiger partial charge in [-0.1, -0.05) is 37.3 Å². The molecule has 3 aromatic rings. The maximum Gasteiger partial charge on any atom is 0.268 e. The molecule has 1 amide bonds. The highest BCUT2D eigenvalue weighted by atomic mass is 79.9. The minimum absolute atomic E-state index is 0.0184. The third-order valence-corrected chi connectivity index (χ3v) is 5.73. The number of thiophene rings is 1. The normalized spacial score (nSPS) is 12.5. The number of aryl methyl sites for hydroxylation is 1. The standard InChI is InChI=1S/C18H19BrN2OS/c1-3-9-21-15(10-16-17(21)14(19)11-23-16)18(22)20-12(2)13-7-5-4-6-8-13/h4-8,10-12H,3,9H2,1-2H3,(H,20,22)/t12-/m0/s1. The number of halogens is 1. The summed E-state index contributed by atoms with van der Waals surface area (Å²) in [5.41, 5.74) is 2.96. The summed E-state index contributed by atoms with van der Waals surface area (Å²) >= 11 is 5.26. The number of carbonyl (C=O) groups is 1. The van der Waals surface area contributed by atoms with Crippen LogP contribution < -0.4 is 5.32 Å². The Balaban J connectivity index is 1.90. The number of fused-ring (bicyclic) bond motifs is 1. The van der Waals surface area contributed by atoms with Gasteiger partial charge in [-0.3, -0.25) is 4.79 Å². The van der Waals surface area contributed by atoms with Crippen LogP contribution in [0.15, 0.2) is 46.3 Å². The lowest BCUT2D eigenvalue weighted by atomic mass is 10.1. The summed E-state index contributed by atoms with van der Waals surface area (Å²) in [5.74, 6) is -0.0231. The monoisotopic (exact) mass is 390 g/mol. The average Bonchev–Trinajstić information content (AvgIpc) is 3.09. The highest BCUT2D eigenvalue weighted by Crippen LogP contribution is 2.33. The molecule has 3 rings (SSSR count). The number of benzene rings is 1. The van der Waals surface area contributed by atoms with Crippen LogP contribution in [-0.2, 0) is 6.54 Å². The van der Waals surface area contributed by atoms with Crippen LogP contribution in [0.5, 0.6) is 0 Å². The van der Waals surface area contributed by atoms with Gasteiger partial charge in [0.25, 0.3) is 5.91 Å². The van der Waals surface area contributed by atoms with Gasteiger partial charge in [-0.25, -0.2) is 0 Å². The molecule has 23 heavy (non-hydrogen) atoms. The predicted molar refractivity (Wildman–Crippen MR) is 100 cm³/mol. The van der Waals surface area contributed by atoms with Gasteiger partial charge in [-0.15, -0.1) is 11.3 Å². The molecule has 120 valence electrons. The Hall–Kier alpha value is -1.59. The molecule has 2 aromatic heterocycles. The van der Waals surface area contributed by atoms with Crippen LogP contribution in [0.1, 0.15) is 42.4 Å². The topological polar surface area (TPSA) is 34.0 Å². The van der Waals surface area contributed by atoms with Crippen molar-refractivity contribution in [1.82, 2.24) is 9.88 Å². The Bertz CT molecular complexity index is 822. The number of rotatable bonds is 5. The number of aromatic nitrogens is 1. The zero-order chi connectivity index (χ0) is 16.4. The molecule has 0 radical (unpaired) electrons. The zero-order valence-electron chi connectivity index (χ0n) is 13.2. The third kappa shape index (κ3) is 3.21. The summed E-state index contributed by atoms with van der Waals surface area (Å²) in [7, 11) is 0. The maximum atomic E-state index is 12.8. The molecule has 5 heteroatoms. The maximum absolute atomic E-state index is 12.8. The van der Waals surface area contributed by atoms with E-state index in [2.05, 4.69) is 38.1 Å². The molecule has 0 aliphatic carbocycles. The summed E-state index contributed by atoms with van der Waals surface area (Å²) in [6, 6.07) is 12.0. The van der Waals surface area contributed by atoms with Crippen LogP contribution in [0, 0.1) is 0 Å². The van der Waals surface area contributed by atoms with Gasteiger partial charge in [-0.05, 0) is 40.9 Å². The quantitative estimate of drug-likeness (QED) is 0.624. The van der Waals surface area contributed by atoms with Gasteiger partial charge >= 0.3 is 0 Å². The Morgan fingerprint density at radius 1 is 1.35 bits per heavy atom. The Labute approximate surface area is 148 Å². The molecule has 1 aromatic carbocycles. The van der Waals surface area contributed by atoms with Crippen LogP contribution in [0.3, 0.4) is 0 Å². The van der Waals surface area contributed by atoms with Crippen molar-refractivity contribution in [2.45, 2.75) is 32.9 Å². The predicted octanol–water partition coefficient (Wildman–Crippen LogP) is 5.37. The molecule has 1 atom stereocenters. The van der Waals surface area contributed by atoms with E-state index in [0.29, 0.717) is 0 Å². The van der Waals surface area contributed by atoms with Crippen LogP contribution in [0.4, 0.5) is 0 Å². The van der Waals surface area contributed by atoms with E-state index in [0.717, 1.165) is 38.9 Å². The summed E-state index contributed by atoms with van der Waals surface area (Å²) in [5, 5.41) is 5.19. The van der Waals surface area contributed by atoms with Gasteiger partial charge in [0.1, 0.15) is 5.69 Å². The molecule has 0 spiro atoms. The molecule has 0 saturated heterocycles. The molecule has 0 bridgehead atoms. The molecule has 3 nitrogen and oxygen atoms in total. The lowest BCUT2D eigenvalue weighted by Crippen LogP contribution is -2.28. The fourth-order valence-corrected chi connectivity index (χ4v) is 4.46. The molecule has 0 aliphatic heterocycles. The van der Waals surface area contributed by atoms with E-state index in [9.17, 15) is 4.79 Å². The minimum Gasteiger partial charge on any atom is -0.344 e. The SMILES string of the molecule is CCCn1c(C(=O)N[C@@H](C)c2ccccc2)cc2scc(Br)c21. The first-order valence-corrected chi connectivity index (χ1v) is 9.41. The fraction of sp³-hybridized carbons (Fsp3) is 0.278. The number of nitrogens with one attached hydrogen (secondary N) is 1. The Morgan fingerprint density at radius 3 is 2.78 bits per heavy atom. The lowest BCUT2D eigenvalue weighted by Gasteiger charge is -2.16. The third-order valence-electron chi connectivity index (χ3n) is 3.90. The largest absolute Gasteiger partial charge is 0.344 e. The van der Waals surface area contributed by atoms with Crippen LogP contribution in [-0.4, -0.2) is 10.5 Å². The number of amides is 1. The van der Waals surface area contributed by atoms with Crippen molar-refractivity contribution in [2.24, 2.45) is 0 Å². The summed E-state index contributed by atoms with van der Waals surface area (Å²) in [6.45, 7) is 4.97. The molecule has 2 heterocycles. The molecule has 1 N–H and O–H groups in total. The van der Waals surface area contributed by atoms with E-state index in [4.69, 9.17) is 0 Å². The molecule has 0 unspecified atom stereocenters.